The first-order valence-electron chi connectivity index (χ1n) is 10.2. The van der Waals surface area contributed by atoms with Crippen molar-refractivity contribution in [1.82, 2.24) is 20.4 Å². The number of aryl methyl sites for hydroxylation is 2. The number of rotatable bonds is 6. The van der Waals surface area contributed by atoms with Crippen molar-refractivity contribution in [3.63, 3.8) is 0 Å². The van der Waals surface area contributed by atoms with Gasteiger partial charge in [0.2, 0.25) is 6.79 Å². The second-order valence-electron chi connectivity index (χ2n) is 7.20. The highest BCUT2D eigenvalue weighted by molar-refractivity contribution is 14.0. The summed E-state index contributed by atoms with van der Waals surface area (Å²) >= 11 is 0. The van der Waals surface area contributed by atoms with Crippen molar-refractivity contribution in [3.8, 4) is 17.2 Å². The fraction of sp³-hybridized carbons (Fsp3) is 0.304. The van der Waals surface area contributed by atoms with Gasteiger partial charge in [-0.15, -0.1) is 24.0 Å². The van der Waals surface area contributed by atoms with Gasteiger partial charge in [0.05, 0.1) is 17.9 Å². The number of guanidine groups is 1. The Bertz CT molecular complexity index is 1060. The molecular formula is C23H28IN5O2. The van der Waals surface area contributed by atoms with Crippen LogP contribution >= 0.6 is 24.0 Å². The molecule has 2 N–H and O–H groups in total. The van der Waals surface area contributed by atoms with E-state index in [2.05, 4.69) is 47.8 Å². The third-order valence-corrected chi connectivity index (χ3v) is 4.88. The number of hydrogen-bond acceptors (Lipinski definition) is 4. The lowest BCUT2D eigenvalue weighted by molar-refractivity contribution is 0.174. The summed E-state index contributed by atoms with van der Waals surface area (Å²) in [4.78, 5) is 4.72. The monoisotopic (exact) mass is 533 g/mol. The van der Waals surface area contributed by atoms with Crippen LogP contribution in [0.15, 0.2) is 53.5 Å². The molecule has 3 aromatic rings. The van der Waals surface area contributed by atoms with Gasteiger partial charge in [-0.05, 0) is 56.2 Å². The maximum atomic E-state index is 5.46. The molecule has 0 saturated heterocycles. The Hall–Kier alpha value is -2.75. The maximum Gasteiger partial charge on any atom is 0.231 e. The van der Waals surface area contributed by atoms with Crippen molar-refractivity contribution in [3.05, 3.63) is 71.0 Å². The molecule has 0 saturated carbocycles. The van der Waals surface area contributed by atoms with E-state index < -0.39 is 0 Å². The first-order chi connectivity index (χ1) is 14.6. The molecular weight excluding hydrogens is 505 g/mol. The third-order valence-electron chi connectivity index (χ3n) is 4.88. The Morgan fingerprint density at radius 3 is 2.65 bits per heavy atom. The van der Waals surface area contributed by atoms with Crippen LogP contribution in [0.2, 0.25) is 0 Å². The molecule has 1 aliphatic rings. The third kappa shape index (κ3) is 5.49. The highest BCUT2D eigenvalue weighted by Gasteiger charge is 2.13. The van der Waals surface area contributed by atoms with Crippen LogP contribution < -0.4 is 20.1 Å². The molecule has 2 aromatic carbocycles. The zero-order valence-electron chi connectivity index (χ0n) is 18.0. The summed E-state index contributed by atoms with van der Waals surface area (Å²) in [6.45, 7) is 8.39. The fourth-order valence-corrected chi connectivity index (χ4v) is 3.47. The SMILES string of the molecule is CCNC(=NCc1ccc2c(c1)OCO2)NCc1ccccc1-n1nc(C)cc1C.I. The first-order valence-corrected chi connectivity index (χ1v) is 10.2. The lowest BCUT2D eigenvalue weighted by Gasteiger charge is -2.15. The molecule has 0 spiro atoms. The second-order valence-corrected chi connectivity index (χ2v) is 7.20. The van der Waals surface area contributed by atoms with Gasteiger partial charge in [-0.2, -0.15) is 5.10 Å². The van der Waals surface area contributed by atoms with E-state index in [1.807, 2.05) is 41.9 Å². The van der Waals surface area contributed by atoms with Crippen molar-refractivity contribution in [2.45, 2.75) is 33.9 Å². The molecule has 0 bridgehead atoms. The molecule has 1 aliphatic heterocycles. The smallest absolute Gasteiger partial charge is 0.231 e. The van der Waals surface area contributed by atoms with E-state index in [0.717, 1.165) is 52.2 Å². The van der Waals surface area contributed by atoms with Gasteiger partial charge < -0.3 is 20.1 Å². The summed E-state index contributed by atoms with van der Waals surface area (Å²) in [5.74, 6) is 2.33. The van der Waals surface area contributed by atoms with E-state index in [1.54, 1.807) is 0 Å². The normalized spacial score (nSPS) is 12.4. The van der Waals surface area contributed by atoms with Gasteiger partial charge >= 0.3 is 0 Å². The minimum atomic E-state index is 0. The highest BCUT2D eigenvalue weighted by atomic mass is 127. The molecule has 7 nitrogen and oxygen atoms in total. The van der Waals surface area contributed by atoms with Crippen molar-refractivity contribution < 1.29 is 9.47 Å². The van der Waals surface area contributed by atoms with Gasteiger partial charge in [0, 0.05) is 18.8 Å². The van der Waals surface area contributed by atoms with E-state index in [9.17, 15) is 0 Å². The number of ether oxygens (including phenoxy) is 2. The quantitative estimate of drug-likeness (QED) is 0.284. The lowest BCUT2D eigenvalue weighted by Crippen LogP contribution is -2.37. The number of halogens is 1. The van der Waals surface area contributed by atoms with Crippen LogP contribution in [0.5, 0.6) is 11.5 Å². The van der Waals surface area contributed by atoms with Crippen molar-refractivity contribution in [1.29, 1.82) is 0 Å². The Kier molecular flexibility index (Phi) is 7.78. The molecule has 8 heteroatoms. The molecule has 0 amide bonds. The summed E-state index contributed by atoms with van der Waals surface area (Å²) in [5.41, 5.74) is 5.41. The van der Waals surface area contributed by atoms with Gasteiger partial charge in [-0.3, -0.25) is 0 Å². The Morgan fingerprint density at radius 2 is 1.87 bits per heavy atom. The predicted octanol–water partition coefficient (Wildman–Crippen LogP) is 4.09. The predicted molar refractivity (Wildman–Crippen MR) is 133 cm³/mol. The number of para-hydroxylation sites is 1. The summed E-state index contributed by atoms with van der Waals surface area (Å²) in [7, 11) is 0. The van der Waals surface area contributed by atoms with Crippen molar-refractivity contribution >= 4 is 29.9 Å². The largest absolute Gasteiger partial charge is 0.454 e. The van der Waals surface area contributed by atoms with E-state index in [4.69, 9.17) is 14.5 Å². The molecule has 164 valence electrons. The van der Waals surface area contributed by atoms with Gasteiger partial charge in [-0.1, -0.05) is 24.3 Å². The molecule has 1 aromatic heterocycles. The maximum absolute atomic E-state index is 5.46. The van der Waals surface area contributed by atoms with Gasteiger partial charge in [0.15, 0.2) is 17.5 Å². The summed E-state index contributed by atoms with van der Waals surface area (Å²) in [6, 6.07) is 16.3. The average Bonchev–Trinajstić information content (AvgIpc) is 3.35. The van der Waals surface area contributed by atoms with Crippen LogP contribution in [-0.2, 0) is 13.1 Å². The van der Waals surface area contributed by atoms with Crippen molar-refractivity contribution in [2.75, 3.05) is 13.3 Å². The number of fused-ring (bicyclic) bond motifs is 1. The Labute approximate surface area is 199 Å². The summed E-state index contributed by atoms with van der Waals surface area (Å²) < 4.78 is 12.8. The molecule has 4 rings (SSSR count). The average molecular weight is 533 g/mol. The number of hydrogen-bond donors (Lipinski definition) is 2. The van der Waals surface area contributed by atoms with Crippen LogP contribution in [0, 0.1) is 13.8 Å². The van der Waals surface area contributed by atoms with Crippen molar-refractivity contribution in [2.24, 2.45) is 4.99 Å². The Balaban J connectivity index is 0.00000272. The first kappa shape index (κ1) is 22.9. The number of nitrogens with one attached hydrogen (secondary N) is 2. The fourth-order valence-electron chi connectivity index (χ4n) is 3.47. The van der Waals surface area contributed by atoms with Gasteiger partial charge in [0.25, 0.3) is 0 Å². The van der Waals surface area contributed by atoms with E-state index in [1.165, 1.54) is 0 Å². The number of benzene rings is 2. The standard InChI is InChI=1S/C23H27N5O2.HI/c1-4-24-23(25-13-18-9-10-21-22(12-18)30-15-29-21)26-14-19-7-5-6-8-20(19)28-17(3)11-16(2)27-28;/h5-12H,4,13-15H2,1-3H3,(H2,24,25,26);1H. The topological polar surface area (TPSA) is 72.7 Å². The minimum absolute atomic E-state index is 0. The molecule has 2 heterocycles. The van der Waals surface area contributed by atoms with Gasteiger partial charge in [-0.25, -0.2) is 9.67 Å². The molecule has 0 atom stereocenters. The zero-order chi connectivity index (χ0) is 20.9. The minimum Gasteiger partial charge on any atom is -0.454 e. The van der Waals surface area contributed by atoms with E-state index in [0.29, 0.717) is 13.1 Å². The summed E-state index contributed by atoms with van der Waals surface area (Å²) in [5, 5.41) is 11.4. The number of aliphatic imine (C=N–C) groups is 1. The lowest BCUT2D eigenvalue weighted by atomic mass is 10.1. The summed E-state index contributed by atoms with van der Waals surface area (Å²) in [6.07, 6.45) is 0. The van der Waals surface area contributed by atoms with Crippen LogP contribution in [-0.4, -0.2) is 29.1 Å². The van der Waals surface area contributed by atoms with E-state index >= 15 is 0 Å². The second kappa shape index (κ2) is 10.5. The number of nitrogens with zero attached hydrogens (tertiary/aromatic N) is 3. The van der Waals surface area contributed by atoms with Gasteiger partial charge in [0.1, 0.15) is 0 Å². The zero-order valence-corrected chi connectivity index (χ0v) is 20.3. The van der Waals surface area contributed by atoms with Crippen LogP contribution in [0.25, 0.3) is 5.69 Å². The Morgan fingerprint density at radius 1 is 1.06 bits per heavy atom. The van der Waals surface area contributed by atoms with Crippen LogP contribution in [0.3, 0.4) is 0 Å². The van der Waals surface area contributed by atoms with E-state index in [-0.39, 0.29) is 30.8 Å². The molecule has 0 unspecified atom stereocenters. The molecule has 31 heavy (non-hydrogen) atoms. The molecule has 0 aliphatic carbocycles. The molecule has 0 fully saturated rings. The number of aromatic nitrogens is 2. The molecule has 0 radical (unpaired) electrons. The highest BCUT2D eigenvalue weighted by Crippen LogP contribution is 2.32. The van der Waals surface area contributed by atoms with Crippen LogP contribution in [0.1, 0.15) is 29.4 Å². The van der Waals surface area contributed by atoms with Crippen LogP contribution in [0.4, 0.5) is 0 Å².